The Morgan fingerprint density at radius 2 is 2.18 bits per heavy atom. The molecule has 1 aromatic rings. The summed E-state index contributed by atoms with van der Waals surface area (Å²) < 4.78 is 5.49. The molecule has 1 heterocycles. The fourth-order valence-electron chi connectivity index (χ4n) is 2.45. The van der Waals surface area contributed by atoms with Crippen LogP contribution < -0.4 is 10.6 Å². The quantitative estimate of drug-likeness (QED) is 0.849. The number of anilines is 1. The maximum absolute atomic E-state index is 12.2. The van der Waals surface area contributed by atoms with Crippen LogP contribution in [0.1, 0.15) is 48.5 Å². The summed E-state index contributed by atoms with van der Waals surface area (Å²) >= 11 is 0. The maximum atomic E-state index is 12.2. The molecule has 1 aliphatic heterocycles. The van der Waals surface area contributed by atoms with Crippen molar-refractivity contribution in [2.24, 2.45) is 0 Å². The highest BCUT2D eigenvalue weighted by Crippen LogP contribution is 2.18. The second-order valence-corrected chi connectivity index (χ2v) is 5.67. The first-order valence-corrected chi connectivity index (χ1v) is 7.90. The number of carbonyl (C=O) groups is 2. The Labute approximate surface area is 131 Å². The molecule has 5 heteroatoms. The van der Waals surface area contributed by atoms with Crippen LogP contribution in [0.25, 0.3) is 0 Å². The molecule has 0 saturated carbocycles. The summed E-state index contributed by atoms with van der Waals surface area (Å²) in [5, 5.41) is 5.75. The fraction of sp³-hybridized carbons (Fsp3) is 0.529. The third kappa shape index (κ3) is 4.56. The lowest BCUT2D eigenvalue weighted by Gasteiger charge is -2.13. The summed E-state index contributed by atoms with van der Waals surface area (Å²) in [4.78, 5) is 23.9. The molecule has 120 valence electrons. The zero-order chi connectivity index (χ0) is 15.9. The first-order valence-electron chi connectivity index (χ1n) is 7.90. The first-order chi connectivity index (χ1) is 10.6. The molecule has 1 atom stereocenters. The van der Waals surface area contributed by atoms with Gasteiger partial charge in [0.1, 0.15) is 0 Å². The van der Waals surface area contributed by atoms with Crippen molar-refractivity contribution in [3.05, 3.63) is 29.3 Å². The van der Waals surface area contributed by atoms with Gasteiger partial charge in [-0.15, -0.1) is 0 Å². The Bertz CT molecular complexity index is 537. The largest absolute Gasteiger partial charge is 0.376 e. The van der Waals surface area contributed by atoms with E-state index in [0.717, 1.165) is 31.4 Å². The van der Waals surface area contributed by atoms with Crippen molar-refractivity contribution in [1.29, 1.82) is 0 Å². The van der Waals surface area contributed by atoms with Crippen molar-refractivity contribution in [2.45, 2.75) is 45.6 Å². The number of ether oxygens (including phenoxy) is 1. The second-order valence-electron chi connectivity index (χ2n) is 5.67. The molecule has 1 aromatic carbocycles. The molecule has 2 N–H and O–H groups in total. The third-order valence-corrected chi connectivity index (χ3v) is 3.77. The molecule has 0 bridgehead atoms. The van der Waals surface area contributed by atoms with E-state index in [9.17, 15) is 9.59 Å². The van der Waals surface area contributed by atoms with Crippen LogP contribution in [-0.4, -0.2) is 31.1 Å². The SMILES string of the molecule is CCCC(=O)Nc1cc(C(=O)NCC2CCCO2)ccc1C. The highest BCUT2D eigenvalue weighted by molar-refractivity contribution is 5.97. The van der Waals surface area contributed by atoms with Crippen LogP contribution in [0.5, 0.6) is 0 Å². The van der Waals surface area contributed by atoms with Gasteiger partial charge in [0.15, 0.2) is 0 Å². The Morgan fingerprint density at radius 1 is 1.36 bits per heavy atom. The molecule has 1 saturated heterocycles. The number of amides is 2. The number of hydrogen-bond donors (Lipinski definition) is 2. The lowest BCUT2D eigenvalue weighted by molar-refractivity contribution is -0.116. The summed E-state index contributed by atoms with van der Waals surface area (Å²) in [5.74, 6) is -0.163. The van der Waals surface area contributed by atoms with E-state index in [0.29, 0.717) is 24.2 Å². The molecule has 0 aromatic heterocycles. The average molecular weight is 304 g/mol. The average Bonchev–Trinajstić information content (AvgIpc) is 3.00. The van der Waals surface area contributed by atoms with Gasteiger partial charge in [0.05, 0.1) is 6.10 Å². The van der Waals surface area contributed by atoms with Gasteiger partial charge in [-0.25, -0.2) is 0 Å². The highest BCUT2D eigenvalue weighted by atomic mass is 16.5. The van der Waals surface area contributed by atoms with Crippen molar-refractivity contribution in [3.8, 4) is 0 Å². The number of aryl methyl sites for hydroxylation is 1. The molecule has 1 fully saturated rings. The van der Waals surface area contributed by atoms with E-state index in [1.165, 1.54) is 0 Å². The summed E-state index contributed by atoms with van der Waals surface area (Å²) in [5.41, 5.74) is 2.19. The minimum absolute atomic E-state index is 0.0255. The van der Waals surface area contributed by atoms with Gasteiger partial charge in [-0.05, 0) is 43.9 Å². The van der Waals surface area contributed by atoms with E-state index in [1.54, 1.807) is 12.1 Å². The number of rotatable bonds is 6. The number of nitrogens with one attached hydrogen (secondary N) is 2. The first kappa shape index (κ1) is 16.5. The minimum atomic E-state index is -0.138. The van der Waals surface area contributed by atoms with Gasteiger partial charge in [-0.1, -0.05) is 13.0 Å². The standard InChI is InChI=1S/C17H24N2O3/c1-3-5-16(20)19-15-10-13(8-7-12(15)2)17(21)18-11-14-6-4-9-22-14/h7-8,10,14H,3-6,9,11H2,1-2H3,(H,18,21)(H,19,20). The number of benzene rings is 1. The third-order valence-electron chi connectivity index (χ3n) is 3.77. The van der Waals surface area contributed by atoms with Crippen molar-refractivity contribution >= 4 is 17.5 Å². The molecular formula is C17H24N2O3. The van der Waals surface area contributed by atoms with Crippen molar-refractivity contribution in [1.82, 2.24) is 5.32 Å². The molecule has 0 radical (unpaired) electrons. The van der Waals surface area contributed by atoms with Gasteiger partial charge >= 0.3 is 0 Å². The molecule has 2 rings (SSSR count). The van der Waals surface area contributed by atoms with Crippen LogP contribution in [0.3, 0.4) is 0 Å². The molecule has 2 amide bonds. The molecule has 5 nitrogen and oxygen atoms in total. The van der Waals surface area contributed by atoms with E-state index in [1.807, 2.05) is 19.9 Å². The predicted octanol–water partition coefficient (Wildman–Crippen LogP) is 2.64. The van der Waals surface area contributed by atoms with Crippen LogP contribution in [0, 0.1) is 6.92 Å². The molecule has 0 aliphatic carbocycles. The van der Waals surface area contributed by atoms with Crippen LogP contribution >= 0.6 is 0 Å². The van der Waals surface area contributed by atoms with E-state index < -0.39 is 0 Å². The normalized spacial score (nSPS) is 17.3. The second kappa shape index (κ2) is 7.94. The molecule has 22 heavy (non-hydrogen) atoms. The summed E-state index contributed by atoms with van der Waals surface area (Å²) in [6, 6.07) is 5.35. The van der Waals surface area contributed by atoms with Gasteiger partial charge < -0.3 is 15.4 Å². The van der Waals surface area contributed by atoms with E-state index in [4.69, 9.17) is 4.74 Å². The smallest absolute Gasteiger partial charge is 0.251 e. The van der Waals surface area contributed by atoms with Crippen molar-refractivity contribution in [2.75, 3.05) is 18.5 Å². The van der Waals surface area contributed by atoms with Crippen LogP contribution in [0.4, 0.5) is 5.69 Å². The Balaban J connectivity index is 1.97. The summed E-state index contributed by atoms with van der Waals surface area (Å²) in [7, 11) is 0. The molecular weight excluding hydrogens is 280 g/mol. The van der Waals surface area contributed by atoms with E-state index in [2.05, 4.69) is 10.6 Å². The van der Waals surface area contributed by atoms with E-state index >= 15 is 0 Å². The summed E-state index contributed by atoms with van der Waals surface area (Å²) in [6.07, 6.45) is 3.45. The lowest BCUT2D eigenvalue weighted by atomic mass is 10.1. The molecule has 1 aliphatic rings. The van der Waals surface area contributed by atoms with Crippen LogP contribution in [-0.2, 0) is 9.53 Å². The number of carbonyl (C=O) groups excluding carboxylic acids is 2. The molecule has 1 unspecified atom stereocenters. The maximum Gasteiger partial charge on any atom is 0.251 e. The Hall–Kier alpha value is -1.88. The van der Waals surface area contributed by atoms with Gasteiger partial charge in [-0.2, -0.15) is 0 Å². The van der Waals surface area contributed by atoms with Gasteiger partial charge in [0, 0.05) is 30.8 Å². The highest BCUT2D eigenvalue weighted by Gasteiger charge is 2.17. The van der Waals surface area contributed by atoms with Crippen LogP contribution in [0.15, 0.2) is 18.2 Å². The number of hydrogen-bond acceptors (Lipinski definition) is 3. The van der Waals surface area contributed by atoms with Gasteiger partial charge in [-0.3, -0.25) is 9.59 Å². The molecule has 0 spiro atoms. The predicted molar refractivity (Wildman–Crippen MR) is 86.0 cm³/mol. The van der Waals surface area contributed by atoms with Crippen LogP contribution in [0.2, 0.25) is 0 Å². The van der Waals surface area contributed by atoms with E-state index in [-0.39, 0.29) is 17.9 Å². The van der Waals surface area contributed by atoms with Crippen molar-refractivity contribution < 1.29 is 14.3 Å². The Kier molecular flexibility index (Phi) is 5.95. The zero-order valence-corrected chi connectivity index (χ0v) is 13.3. The lowest BCUT2D eigenvalue weighted by Crippen LogP contribution is -2.31. The summed E-state index contributed by atoms with van der Waals surface area (Å²) in [6.45, 7) is 5.18. The van der Waals surface area contributed by atoms with Gasteiger partial charge in [0.25, 0.3) is 5.91 Å². The van der Waals surface area contributed by atoms with Gasteiger partial charge in [0.2, 0.25) is 5.91 Å². The minimum Gasteiger partial charge on any atom is -0.376 e. The topological polar surface area (TPSA) is 67.4 Å². The zero-order valence-electron chi connectivity index (χ0n) is 13.3. The fourth-order valence-corrected chi connectivity index (χ4v) is 2.45. The van der Waals surface area contributed by atoms with Crippen molar-refractivity contribution in [3.63, 3.8) is 0 Å². The Morgan fingerprint density at radius 3 is 2.86 bits per heavy atom. The monoisotopic (exact) mass is 304 g/mol.